The van der Waals surface area contributed by atoms with Crippen LogP contribution in [0.25, 0.3) is 0 Å². The smallest absolute Gasteiger partial charge is 0.225 e. The molecule has 1 aromatic rings. The lowest BCUT2D eigenvalue weighted by Gasteiger charge is -2.35. The van der Waals surface area contributed by atoms with Crippen molar-refractivity contribution in [3.63, 3.8) is 0 Å². The number of aromatic nitrogens is 2. The second-order valence-corrected chi connectivity index (χ2v) is 4.92. The standard InChI is InChI=1S/C13H20ClN3/c1-2-5-12-6-3-4-7-17(12)13-15-9-11(8-14)10-16-13/h9-10,12H,2-8H2,1H3. The highest BCUT2D eigenvalue weighted by atomic mass is 35.5. The van der Waals surface area contributed by atoms with E-state index in [1.54, 1.807) is 0 Å². The van der Waals surface area contributed by atoms with Gasteiger partial charge in [-0.05, 0) is 25.7 Å². The number of hydrogen-bond donors (Lipinski definition) is 0. The third kappa shape index (κ3) is 3.09. The highest BCUT2D eigenvalue weighted by molar-refractivity contribution is 6.17. The van der Waals surface area contributed by atoms with Gasteiger partial charge in [-0.3, -0.25) is 0 Å². The number of nitrogens with zero attached hydrogens (tertiary/aromatic N) is 3. The molecule has 0 radical (unpaired) electrons. The Balaban J connectivity index is 2.11. The van der Waals surface area contributed by atoms with Gasteiger partial charge in [-0.25, -0.2) is 9.97 Å². The van der Waals surface area contributed by atoms with Gasteiger partial charge < -0.3 is 4.90 Å². The first-order valence-electron chi connectivity index (χ1n) is 6.48. The number of halogens is 1. The van der Waals surface area contributed by atoms with Gasteiger partial charge in [0.1, 0.15) is 0 Å². The Labute approximate surface area is 108 Å². The molecular formula is C13H20ClN3. The molecule has 0 amide bonds. The molecule has 0 bridgehead atoms. The SMILES string of the molecule is CCCC1CCCCN1c1ncc(CCl)cn1. The monoisotopic (exact) mass is 253 g/mol. The van der Waals surface area contributed by atoms with Gasteiger partial charge >= 0.3 is 0 Å². The van der Waals surface area contributed by atoms with Crippen molar-refractivity contribution in [1.82, 2.24) is 9.97 Å². The first kappa shape index (κ1) is 12.6. The van der Waals surface area contributed by atoms with Crippen molar-refractivity contribution in [2.75, 3.05) is 11.4 Å². The fourth-order valence-corrected chi connectivity index (χ4v) is 2.60. The summed E-state index contributed by atoms with van der Waals surface area (Å²) in [5, 5.41) is 0. The van der Waals surface area contributed by atoms with Crippen LogP contribution in [-0.2, 0) is 5.88 Å². The van der Waals surface area contributed by atoms with E-state index in [4.69, 9.17) is 11.6 Å². The summed E-state index contributed by atoms with van der Waals surface area (Å²) < 4.78 is 0. The first-order chi connectivity index (χ1) is 8.35. The van der Waals surface area contributed by atoms with Crippen molar-refractivity contribution in [1.29, 1.82) is 0 Å². The summed E-state index contributed by atoms with van der Waals surface area (Å²) in [6.07, 6.45) is 10.00. The highest BCUT2D eigenvalue weighted by Crippen LogP contribution is 2.24. The molecule has 94 valence electrons. The average molecular weight is 254 g/mol. The van der Waals surface area contributed by atoms with Gasteiger partial charge in [0.15, 0.2) is 0 Å². The topological polar surface area (TPSA) is 29.0 Å². The van der Waals surface area contributed by atoms with Gasteiger partial charge in [-0.15, -0.1) is 11.6 Å². The summed E-state index contributed by atoms with van der Waals surface area (Å²) in [7, 11) is 0. The van der Waals surface area contributed by atoms with Gasteiger partial charge in [0.25, 0.3) is 0 Å². The molecule has 1 saturated heterocycles. The van der Waals surface area contributed by atoms with E-state index >= 15 is 0 Å². The Bertz CT molecular complexity index is 337. The molecule has 0 saturated carbocycles. The lowest BCUT2D eigenvalue weighted by atomic mass is 9.99. The first-order valence-corrected chi connectivity index (χ1v) is 7.02. The Morgan fingerprint density at radius 2 is 2.12 bits per heavy atom. The zero-order valence-electron chi connectivity index (χ0n) is 10.4. The van der Waals surface area contributed by atoms with Crippen LogP contribution in [0.2, 0.25) is 0 Å². The highest BCUT2D eigenvalue weighted by Gasteiger charge is 2.23. The van der Waals surface area contributed by atoms with Gasteiger partial charge in [-0.1, -0.05) is 13.3 Å². The molecule has 0 aliphatic carbocycles. The molecule has 2 heterocycles. The summed E-state index contributed by atoms with van der Waals surface area (Å²) in [6, 6.07) is 0.621. The second-order valence-electron chi connectivity index (χ2n) is 4.66. The van der Waals surface area contributed by atoms with Crippen LogP contribution in [0.4, 0.5) is 5.95 Å². The van der Waals surface area contributed by atoms with Crippen molar-refractivity contribution in [2.24, 2.45) is 0 Å². The largest absolute Gasteiger partial charge is 0.338 e. The van der Waals surface area contributed by atoms with E-state index in [0.717, 1.165) is 18.1 Å². The summed E-state index contributed by atoms with van der Waals surface area (Å²) in [6.45, 7) is 3.33. The number of alkyl halides is 1. The zero-order valence-corrected chi connectivity index (χ0v) is 11.2. The fourth-order valence-electron chi connectivity index (χ4n) is 2.46. The minimum Gasteiger partial charge on any atom is -0.338 e. The lowest BCUT2D eigenvalue weighted by molar-refractivity contribution is 0.428. The molecule has 1 unspecified atom stereocenters. The molecule has 1 fully saturated rings. The minimum absolute atomic E-state index is 0.485. The lowest BCUT2D eigenvalue weighted by Crippen LogP contribution is -2.40. The van der Waals surface area contributed by atoms with E-state index < -0.39 is 0 Å². The van der Waals surface area contributed by atoms with Gasteiger partial charge in [0.2, 0.25) is 5.95 Å². The van der Waals surface area contributed by atoms with Crippen LogP contribution < -0.4 is 4.90 Å². The molecule has 0 aromatic carbocycles. The summed E-state index contributed by atoms with van der Waals surface area (Å²) in [5.74, 6) is 1.36. The molecule has 17 heavy (non-hydrogen) atoms. The van der Waals surface area contributed by atoms with Crippen LogP contribution in [0.1, 0.15) is 44.6 Å². The Morgan fingerprint density at radius 1 is 1.35 bits per heavy atom. The fraction of sp³-hybridized carbons (Fsp3) is 0.692. The minimum atomic E-state index is 0.485. The maximum absolute atomic E-state index is 5.75. The van der Waals surface area contributed by atoms with E-state index in [0.29, 0.717) is 11.9 Å². The van der Waals surface area contributed by atoms with E-state index in [1.807, 2.05) is 12.4 Å². The number of hydrogen-bond acceptors (Lipinski definition) is 3. The van der Waals surface area contributed by atoms with Crippen LogP contribution in [0, 0.1) is 0 Å². The van der Waals surface area contributed by atoms with Crippen LogP contribution >= 0.6 is 11.6 Å². The molecule has 2 rings (SSSR count). The zero-order chi connectivity index (χ0) is 12.1. The van der Waals surface area contributed by atoms with Crippen molar-refractivity contribution in [2.45, 2.75) is 50.9 Å². The summed E-state index contributed by atoms with van der Waals surface area (Å²) in [5.41, 5.74) is 0.986. The average Bonchev–Trinajstić information content (AvgIpc) is 2.40. The van der Waals surface area contributed by atoms with E-state index in [2.05, 4.69) is 21.8 Å². The van der Waals surface area contributed by atoms with Gasteiger partial charge in [-0.2, -0.15) is 0 Å². The van der Waals surface area contributed by atoms with Crippen molar-refractivity contribution < 1.29 is 0 Å². The third-order valence-corrected chi connectivity index (χ3v) is 3.66. The van der Waals surface area contributed by atoms with Gasteiger partial charge in [0, 0.05) is 30.5 Å². The predicted octanol–water partition coefficient (Wildman–Crippen LogP) is 3.37. The van der Waals surface area contributed by atoms with E-state index in [1.165, 1.54) is 32.1 Å². The Hall–Kier alpha value is -0.830. The van der Waals surface area contributed by atoms with Gasteiger partial charge in [0.05, 0.1) is 5.88 Å². The molecule has 1 atom stereocenters. The molecule has 1 aliphatic rings. The molecule has 0 spiro atoms. The molecule has 1 aromatic heterocycles. The van der Waals surface area contributed by atoms with Crippen molar-refractivity contribution in [3.8, 4) is 0 Å². The summed E-state index contributed by atoms with van der Waals surface area (Å²) >= 11 is 5.75. The Kier molecular flexibility index (Phi) is 4.60. The number of anilines is 1. The second kappa shape index (κ2) is 6.20. The number of rotatable bonds is 4. The molecular weight excluding hydrogens is 234 g/mol. The molecule has 0 N–H and O–H groups in total. The van der Waals surface area contributed by atoms with E-state index in [9.17, 15) is 0 Å². The summed E-state index contributed by atoms with van der Waals surface area (Å²) in [4.78, 5) is 11.2. The van der Waals surface area contributed by atoms with Crippen LogP contribution in [0.15, 0.2) is 12.4 Å². The Morgan fingerprint density at radius 3 is 2.76 bits per heavy atom. The maximum atomic E-state index is 5.75. The predicted molar refractivity (Wildman–Crippen MR) is 71.5 cm³/mol. The molecule has 1 aliphatic heterocycles. The quantitative estimate of drug-likeness (QED) is 0.771. The van der Waals surface area contributed by atoms with Crippen molar-refractivity contribution in [3.05, 3.63) is 18.0 Å². The van der Waals surface area contributed by atoms with Crippen molar-refractivity contribution >= 4 is 17.5 Å². The normalized spacial score (nSPS) is 20.6. The van der Waals surface area contributed by atoms with E-state index in [-0.39, 0.29) is 0 Å². The van der Waals surface area contributed by atoms with Crippen LogP contribution in [0.5, 0.6) is 0 Å². The van der Waals surface area contributed by atoms with Crippen LogP contribution in [0.3, 0.4) is 0 Å². The maximum Gasteiger partial charge on any atom is 0.225 e. The number of piperidine rings is 1. The molecule has 3 nitrogen and oxygen atoms in total. The molecule has 4 heteroatoms. The third-order valence-electron chi connectivity index (χ3n) is 3.35. The van der Waals surface area contributed by atoms with Crippen LogP contribution in [-0.4, -0.2) is 22.6 Å².